The Bertz CT molecular complexity index is 668. The van der Waals surface area contributed by atoms with E-state index in [0.29, 0.717) is 12.8 Å². The lowest BCUT2D eigenvalue weighted by Gasteiger charge is -2.57. The fourth-order valence-electron chi connectivity index (χ4n) is 5.61. The Balaban J connectivity index is 1.91. The number of hydrogen-bond acceptors (Lipinski definition) is 6. The van der Waals surface area contributed by atoms with Gasteiger partial charge in [0.2, 0.25) is 0 Å². The molecule has 1 aromatic rings. The van der Waals surface area contributed by atoms with Crippen LogP contribution in [0.15, 0.2) is 23.0 Å². The van der Waals surface area contributed by atoms with E-state index in [1.807, 2.05) is 13.0 Å². The second-order valence-corrected chi connectivity index (χ2v) is 8.54. The summed E-state index contributed by atoms with van der Waals surface area (Å²) in [4.78, 5) is 24.3. The third-order valence-corrected chi connectivity index (χ3v) is 7.06. The van der Waals surface area contributed by atoms with Crippen molar-refractivity contribution in [2.45, 2.75) is 58.7 Å². The molecule has 2 fully saturated rings. The summed E-state index contributed by atoms with van der Waals surface area (Å²) in [5.74, 6) is -0.869. The van der Waals surface area contributed by atoms with E-state index in [1.54, 1.807) is 12.5 Å². The molecular weight excluding hydrogens is 348 g/mol. The first-order valence-corrected chi connectivity index (χ1v) is 9.77. The van der Waals surface area contributed by atoms with Crippen LogP contribution in [-0.2, 0) is 20.7 Å². The Morgan fingerprint density at radius 1 is 1.44 bits per heavy atom. The summed E-state index contributed by atoms with van der Waals surface area (Å²) in [5, 5.41) is 20.6. The summed E-state index contributed by atoms with van der Waals surface area (Å²) >= 11 is 0. The Morgan fingerprint density at radius 2 is 2.19 bits per heavy atom. The maximum atomic E-state index is 12.7. The molecule has 6 nitrogen and oxygen atoms in total. The highest BCUT2D eigenvalue weighted by Crippen LogP contribution is 2.57. The predicted molar refractivity (Wildman–Crippen MR) is 97.7 cm³/mol. The van der Waals surface area contributed by atoms with Gasteiger partial charge in [0.05, 0.1) is 18.6 Å². The van der Waals surface area contributed by atoms with Crippen molar-refractivity contribution in [3.63, 3.8) is 0 Å². The van der Waals surface area contributed by atoms with Crippen LogP contribution in [0.1, 0.15) is 45.6 Å². The van der Waals surface area contributed by atoms with Gasteiger partial charge in [-0.05, 0) is 48.1 Å². The zero-order chi connectivity index (χ0) is 19.8. The van der Waals surface area contributed by atoms with E-state index in [0.717, 1.165) is 18.4 Å². The molecule has 0 radical (unpaired) electrons. The number of aliphatic hydroxyl groups excluding tert-OH is 2. The fraction of sp³-hybridized carbons (Fsp3) is 0.714. The second-order valence-electron chi connectivity index (χ2n) is 8.54. The molecule has 0 bridgehead atoms. The molecule has 0 saturated heterocycles. The van der Waals surface area contributed by atoms with Crippen LogP contribution in [0.5, 0.6) is 0 Å². The zero-order valence-electron chi connectivity index (χ0n) is 16.3. The quantitative estimate of drug-likeness (QED) is 0.764. The summed E-state index contributed by atoms with van der Waals surface area (Å²) in [5.41, 5.74) is 0.788. The van der Waals surface area contributed by atoms with Gasteiger partial charge < -0.3 is 19.4 Å². The standard InChI is InChI=1S/C21H30O6/c1-12-16(5-4-14-6-7-26-11-14)21(3)9-19(27-13(2)23)20(25)15(10-22)17(21)8-18(12)24/h6-7,11-12,15-17,19-20,22,25H,4-5,8-10H2,1-3H3/t12-,15+,16-,17-,19+,20-,21+/m1/s1. The minimum absolute atomic E-state index is 0.0817. The Morgan fingerprint density at radius 3 is 2.78 bits per heavy atom. The van der Waals surface area contributed by atoms with Crippen molar-refractivity contribution in [2.75, 3.05) is 6.61 Å². The Kier molecular flexibility index (Phi) is 5.77. The van der Waals surface area contributed by atoms with Gasteiger partial charge in [0, 0.05) is 31.8 Å². The van der Waals surface area contributed by atoms with Crippen LogP contribution in [0, 0.1) is 29.1 Å². The molecule has 2 N–H and O–H groups in total. The average molecular weight is 378 g/mol. The lowest BCUT2D eigenvalue weighted by Crippen LogP contribution is -2.60. The second kappa shape index (κ2) is 7.76. The molecule has 2 saturated carbocycles. The number of aliphatic hydroxyl groups is 2. The zero-order valence-corrected chi connectivity index (χ0v) is 16.3. The van der Waals surface area contributed by atoms with Crippen LogP contribution < -0.4 is 0 Å². The minimum Gasteiger partial charge on any atom is -0.472 e. The molecule has 0 amide bonds. The minimum atomic E-state index is -0.951. The topological polar surface area (TPSA) is 97.0 Å². The van der Waals surface area contributed by atoms with Crippen LogP contribution in [-0.4, -0.2) is 40.8 Å². The predicted octanol–water partition coefficient (Wildman–Crippen LogP) is 2.36. The number of furan rings is 1. The highest BCUT2D eigenvalue weighted by atomic mass is 16.6. The number of carbonyl (C=O) groups excluding carboxylic acids is 2. The van der Waals surface area contributed by atoms with Gasteiger partial charge >= 0.3 is 5.97 Å². The van der Waals surface area contributed by atoms with Crippen molar-refractivity contribution in [2.24, 2.45) is 29.1 Å². The van der Waals surface area contributed by atoms with E-state index < -0.39 is 24.1 Å². The molecule has 1 heterocycles. The molecule has 0 aromatic carbocycles. The van der Waals surface area contributed by atoms with Crippen molar-refractivity contribution in [3.05, 3.63) is 24.2 Å². The summed E-state index contributed by atoms with van der Waals surface area (Å²) in [6, 6.07) is 1.93. The number of esters is 1. The molecule has 3 rings (SSSR count). The number of ketones is 1. The number of hydrogen-bond donors (Lipinski definition) is 2. The average Bonchev–Trinajstić information content (AvgIpc) is 3.11. The van der Waals surface area contributed by atoms with E-state index in [-0.39, 0.29) is 35.6 Å². The lowest BCUT2D eigenvalue weighted by molar-refractivity contribution is -0.194. The van der Waals surface area contributed by atoms with Crippen LogP contribution in [0.3, 0.4) is 0 Å². The lowest BCUT2D eigenvalue weighted by atomic mass is 9.48. The number of Topliss-reactive ketones (excluding diaryl/α,β-unsaturated/α-hetero) is 1. The highest BCUT2D eigenvalue weighted by Gasteiger charge is 2.58. The SMILES string of the molecule is CC(=O)O[C@H]1C[C@]2(C)[C@H](CC(=O)[C@H](C)[C@H]2CCc2ccoc2)[C@H](CO)[C@H]1O. The number of fused-ring (bicyclic) bond motifs is 1. The number of carbonyl (C=O) groups is 2. The van der Waals surface area contributed by atoms with E-state index >= 15 is 0 Å². The molecular formula is C21H30O6. The Labute approximate surface area is 159 Å². The van der Waals surface area contributed by atoms with Crippen molar-refractivity contribution >= 4 is 11.8 Å². The maximum absolute atomic E-state index is 12.7. The molecule has 0 unspecified atom stereocenters. The van der Waals surface area contributed by atoms with E-state index in [4.69, 9.17) is 9.15 Å². The largest absolute Gasteiger partial charge is 0.472 e. The van der Waals surface area contributed by atoms with Crippen LogP contribution in [0.4, 0.5) is 0 Å². The van der Waals surface area contributed by atoms with Gasteiger partial charge in [0.15, 0.2) is 0 Å². The molecule has 7 atom stereocenters. The highest BCUT2D eigenvalue weighted by molar-refractivity contribution is 5.82. The maximum Gasteiger partial charge on any atom is 0.302 e. The first-order chi connectivity index (χ1) is 12.8. The molecule has 0 spiro atoms. The normalized spacial score (nSPS) is 39.1. The number of rotatable bonds is 5. The number of aryl methyl sites for hydroxylation is 1. The van der Waals surface area contributed by atoms with Crippen LogP contribution in [0.25, 0.3) is 0 Å². The summed E-state index contributed by atoms with van der Waals surface area (Å²) in [6.07, 6.45) is 4.22. The molecule has 2 aliphatic carbocycles. The molecule has 1 aromatic heterocycles. The summed E-state index contributed by atoms with van der Waals surface area (Å²) in [6.45, 7) is 5.21. The van der Waals surface area contributed by atoms with Gasteiger partial charge in [-0.2, -0.15) is 0 Å². The van der Waals surface area contributed by atoms with E-state index in [9.17, 15) is 19.8 Å². The van der Waals surface area contributed by atoms with E-state index in [1.165, 1.54) is 6.92 Å². The van der Waals surface area contributed by atoms with Gasteiger partial charge in [0.1, 0.15) is 11.9 Å². The molecule has 0 aliphatic heterocycles. The van der Waals surface area contributed by atoms with Gasteiger partial charge in [0.25, 0.3) is 0 Å². The first-order valence-electron chi connectivity index (χ1n) is 9.77. The first kappa shape index (κ1) is 20.1. The third-order valence-electron chi connectivity index (χ3n) is 7.06. The van der Waals surface area contributed by atoms with Crippen molar-refractivity contribution in [1.82, 2.24) is 0 Å². The monoisotopic (exact) mass is 378 g/mol. The van der Waals surface area contributed by atoms with Gasteiger partial charge in [-0.15, -0.1) is 0 Å². The van der Waals surface area contributed by atoms with Crippen molar-refractivity contribution < 1.29 is 29.0 Å². The van der Waals surface area contributed by atoms with Crippen LogP contribution in [0.2, 0.25) is 0 Å². The fourth-order valence-corrected chi connectivity index (χ4v) is 5.61. The van der Waals surface area contributed by atoms with Crippen LogP contribution >= 0.6 is 0 Å². The molecule has 6 heteroatoms. The summed E-state index contributed by atoms with van der Waals surface area (Å²) in [7, 11) is 0. The number of ether oxygens (including phenoxy) is 1. The van der Waals surface area contributed by atoms with E-state index in [2.05, 4.69) is 6.92 Å². The Hall–Kier alpha value is -1.66. The summed E-state index contributed by atoms with van der Waals surface area (Å²) < 4.78 is 10.6. The van der Waals surface area contributed by atoms with Crippen molar-refractivity contribution in [3.8, 4) is 0 Å². The van der Waals surface area contributed by atoms with Crippen molar-refractivity contribution in [1.29, 1.82) is 0 Å². The van der Waals surface area contributed by atoms with Gasteiger partial charge in [-0.25, -0.2) is 0 Å². The molecule has 2 aliphatic rings. The molecule has 150 valence electrons. The molecule has 27 heavy (non-hydrogen) atoms. The van der Waals surface area contributed by atoms with Gasteiger partial charge in [-0.1, -0.05) is 13.8 Å². The smallest absolute Gasteiger partial charge is 0.302 e. The third kappa shape index (κ3) is 3.69. The van der Waals surface area contributed by atoms with Gasteiger partial charge in [-0.3, -0.25) is 9.59 Å².